The molecule has 13 heteroatoms. The number of carbonyl (C=O) groups excluding carboxylic acids is 1. The van der Waals surface area contributed by atoms with Gasteiger partial charge in [-0.1, -0.05) is 12.1 Å². The van der Waals surface area contributed by atoms with Crippen molar-refractivity contribution in [3.8, 4) is 17.2 Å². The molecule has 5 rings (SSSR count). The minimum absolute atomic E-state index is 0.0156. The average Bonchev–Trinajstić information content (AvgIpc) is 2.93. The van der Waals surface area contributed by atoms with Gasteiger partial charge < -0.3 is 59.8 Å². The van der Waals surface area contributed by atoms with Crippen LogP contribution >= 0.6 is 0 Å². The number of ketones is 1. The fourth-order valence-electron chi connectivity index (χ4n) is 5.31. The normalized spacial score (nSPS) is 38.0. The summed E-state index contributed by atoms with van der Waals surface area (Å²) in [6.07, 6.45) is -15.8. The number of benzene rings is 2. The van der Waals surface area contributed by atoms with Gasteiger partial charge in [0.15, 0.2) is 12.1 Å². The summed E-state index contributed by atoms with van der Waals surface area (Å²) in [4.78, 5) is 13.2. The van der Waals surface area contributed by atoms with Crippen molar-refractivity contribution in [2.75, 3.05) is 6.61 Å². The summed E-state index contributed by atoms with van der Waals surface area (Å²) >= 11 is 0. The number of phenolic OH excluding ortho intramolecular Hbond substituents is 2. The van der Waals surface area contributed by atoms with E-state index in [2.05, 4.69) is 0 Å². The highest BCUT2D eigenvalue weighted by Gasteiger charge is 2.51. The molecule has 0 aliphatic carbocycles. The summed E-state index contributed by atoms with van der Waals surface area (Å²) in [5, 5.41) is 82.4. The molecule has 13 nitrogen and oxygen atoms in total. The van der Waals surface area contributed by atoms with Crippen molar-refractivity contribution in [2.24, 2.45) is 0 Å². The highest BCUT2D eigenvalue weighted by atomic mass is 16.7. The maximum atomic E-state index is 13.2. The smallest absolute Gasteiger partial charge is 0.187 e. The number of ether oxygens (including phenoxy) is 4. The summed E-state index contributed by atoms with van der Waals surface area (Å²) in [6, 6.07) is 8.63. The second-order valence-corrected chi connectivity index (χ2v) is 10.2. The highest BCUT2D eigenvalue weighted by Crippen LogP contribution is 2.47. The van der Waals surface area contributed by atoms with Crippen LogP contribution in [0.15, 0.2) is 36.4 Å². The second kappa shape index (κ2) is 11.2. The summed E-state index contributed by atoms with van der Waals surface area (Å²) in [5.74, 6) is -0.885. The molecular formula is C27H32O13. The van der Waals surface area contributed by atoms with Crippen molar-refractivity contribution in [2.45, 2.75) is 80.7 Å². The molecule has 11 atom stereocenters. The van der Waals surface area contributed by atoms with Crippen LogP contribution in [0.4, 0.5) is 0 Å². The van der Waals surface area contributed by atoms with Crippen LogP contribution in [0.2, 0.25) is 0 Å². The molecule has 2 saturated heterocycles. The number of fused-ring (bicyclic) bond motifs is 1. The fraction of sp³-hybridized carbons (Fsp3) is 0.519. The van der Waals surface area contributed by atoms with Crippen LogP contribution in [0.25, 0.3) is 0 Å². The van der Waals surface area contributed by atoms with Gasteiger partial charge >= 0.3 is 0 Å². The molecule has 2 aromatic carbocycles. The first-order valence-corrected chi connectivity index (χ1v) is 12.8. The molecule has 3 heterocycles. The van der Waals surface area contributed by atoms with Gasteiger partial charge in [-0.3, -0.25) is 4.79 Å². The molecule has 3 aliphatic rings. The lowest BCUT2D eigenvalue weighted by atomic mass is 9.87. The molecule has 0 saturated carbocycles. The van der Waals surface area contributed by atoms with Gasteiger partial charge in [-0.05, 0) is 36.8 Å². The lowest BCUT2D eigenvalue weighted by molar-refractivity contribution is -0.338. The summed E-state index contributed by atoms with van der Waals surface area (Å²) in [7, 11) is 0. The molecule has 2 fully saturated rings. The quantitative estimate of drug-likeness (QED) is 0.223. The van der Waals surface area contributed by atoms with Crippen LogP contribution in [0, 0.1) is 0 Å². The third kappa shape index (κ3) is 5.04. The average molecular weight is 565 g/mol. The predicted molar refractivity (Wildman–Crippen MR) is 132 cm³/mol. The van der Waals surface area contributed by atoms with Crippen molar-refractivity contribution in [3.63, 3.8) is 0 Å². The number of hydrogen-bond donors (Lipinski definition) is 8. The monoisotopic (exact) mass is 564 g/mol. The lowest BCUT2D eigenvalue weighted by Crippen LogP contribution is -2.61. The van der Waals surface area contributed by atoms with E-state index in [9.17, 15) is 45.6 Å². The number of carbonyl (C=O) groups is 1. The van der Waals surface area contributed by atoms with Crippen molar-refractivity contribution in [3.05, 3.63) is 53.1 Å². The van der Waals surface area contributed by atoms with E-state index in [4.69, 9.17) is 18.9 Å². The Morgan fingerprint density at radius 3 is 2.25 bits per heavy atom. The Bertz CT molecular complexity index is 1220. The van der Waals surface area contributed by atoms with Crippen molar-refractivity contribution in [1.29, 1.82) is 0 Å². The molecule has 0 aromatic heterocycles. The van der Waals surface area contributed by atoms with Crippen LogP contribution in [0.3, 0.4) is 0 Å². The molecule has 11 unspecified atom stereocenters. The topological polar surface area (TPSA) is 216 Å². The Morgan fingerprint density at radius 2 is 1.57 bits per heavy atom. The van der Waals surface area contributed by atoms with Gasteiger partial charge in [-0.2, -0.15) is 0 Å². The lowest BCUT2D eigenvalue weighted by Gasteiger charge is -2.46. The molecule has 218 valence electrons. The maximum Gasteiger partial charge on any atom is 0.187 e. The number of aromatic hydroxyl groups is 2. The van der Waals surface area contributed by atoms with E-state index in [1.54, 1.807) is 12.1 Å². The molecule has 0 radical (unpaired) electrons. The van der Waals surface area contributed by atoms with Crippen LogP contribution in [0.5, 0.6) is 17.2 Å². The number of Topliss-reactive ketones (excluding diaryl/α,β-unsaturated/α-hetero) is 1. The maximum absolute atomic E-state index is 13.2. The van der Waals surface area contributed by atoms with Crippen LogP contribution in [0.1, 0.15) is 47.0 Å². The van der Waals surface area contributed by atoms with E-state index in [-0.39, 0.29) is 34.8 Å². The summed E-state index contributed by atoms with van der Waals surface area (Å²) in [6.45, 7) is 0.749. The van der Waals surface area contributed by atoms with E-state index in [0.717, 1.165) is 0 Å². The van der Waals surface area contributed by atoms with Gasteiger partial charge in [0, 0.05) is 5.56 Å². The minimum Gasteiger partial charge on any atom is -0.508 e. The van der Waals surface area contributed by atoms with E-state index in [1.807, 2.05) is 0 Å². The number of aliphatic hydroxyl groups excluding tert-OH is 6. The molecule has 0 bridgehead atoms. The molecule has 0 spiro atoms. The van der Waals surface area contributed by atoms with E-state index in [1.165, 1.54) is 31.2 Å². The van der Waals surface area contributed by atoms with Gasteiger partial charge in [0.05, 0.1) is 19.1 Å². The van der Waals surface area contributed by atoms with E-state index in [0.29, 0.717) is 5.56 Å². The molecule has 2 aromatic rings. The SMILES string of the molecule is CC1OC(OC2C(c3ccc(O)c4c3OC(c3ccc(O)cc3)CC4=O)OC(CO)C(O)C2O)C(O)C(O)C1O. The Kier molecular flexibility index (Phi) is 8.03. The molecular weight excluding hydrogens is 532 g/mol. The Morgan fingerprint density at radius 1 is 0.875 bits per heavy atom. The third-order valence-electron chi connectivity index (χ3n) is 7.61. The first-order chi connectivity index (χ1) is 19.0. The molecule has 40 heavy (non-hydrogen) atoms. The van der Waals surface area contributed by atoms with Gasteiger partial charge in [0.25, 0.3) is 0 Å². The summed E-state index contributed by atoms with van der Waals surface area (Å²) < 4.78 is 23.5. The molecule has 8 N–H and O–H groups in total. The van der Waals surface area contributed by atoms with Crippen molar-refractivity contribution < 1.29 is 64.6 Å². The van der Waals surface area contributed by atoms with Gasteiger partial charge in [0.1, 0.15) is 77.7 Å². The highest BCUT2D eigenvalue weighted by molar-refractivity contribution is 6.03. The van der Waals surface area contributed by atoms with Crippen molar-refractivity contribution in [1.82, 2.24) is 0 Å². The van der Waals surface area contributed by atoms with Gasteiger partial charge in [-0.25, -0.2) is 0 Å². The third-order valence-corrected chi connectivity index (χ3v) is 7.61. The standard InChI is InChI=1S/C27H32O13/c1-10-19(32)21(34)23(36)27(37-10)40-26-22(35)20(33)17(9-28)39-25(26)13-6-7-14(30)18-15(31)8-16(38-24(13)18)11-2-4-12(29)5-3-11/h2-7,10,16-17,19-23,25-30,32-36H,8-9H2,1H3. The largest absolute Gasteiger partial charge is 0.508 e. The first-order valence-electron chi connectivity index (χ1n) is 12.8. The van der Waals surface area contributed by atoms with Gasteiger partial charge in [0.2, 0.25) is 0 Å². The number of phenols is 2. The Hall–Kier alpha value is -2.85. The zero-order valence-electron chi connectivity index (χ0n) is 21.3. The number of aliphatic hydroxyl groups is 6. The fourth-order valence-corrected chi connectivity index (χ4v) is 5.31. The van der Waals surface area contributed by atoms with Crippen molar-refractivity contribution >= 4 is 5.78 Å². The van der Waals surface area contributed by atoms with Crippen LogP contribution < -0.4 is 4.74 Å². The van der Waals surface area contributed by atoms with E-state index < -0.39 is 79.7 Å². The van der Waals surface area contributed by atoms with Crippen LogP contribution in [-0.2, 0) is 14.2 Å². The minimum atomic E-state index is -1.74. The first kappa shape index (κ1) is 28.7. The van der Waals surface area contributed by atoms with E-state index >= 15 is 0 Å². The molecule has 3 aliphatic heterocycles. The zero-order valence-corrected chi connectivity index (χ0v) is 21.3. The van der Waals surface area contributed by atoms with Crippen LogP contribution in [-0.4, -0.2) is 108 Å². The zero-order chi connectivity index (χ0) is 28.9. The second-order valence-electron chi connectivity index (χ2n) is 10.2. The predicted octanol–water partition coefficient (Wildman–Crippen LogP) is -0.829. The summed E-state index contributed by atoms with van der Waals surface area (Å²) in [5.41, 5.74) is 0.544. The number of rotatable bonds is 5. The Balaban J connectivity index is 1.54. The van der Waals surface area contributed by atoms with Gasteiger partial charge in [-0.15, -0.1) is 0 Å². The number of hydrogen-bond acceptors (Lipinski definition) is 13. The Labute approximate surface area is 228 Å². The molecule has 0 amide bonds.